The molecule has 1 aliphatic carbocycles. The Kier molecular flexibility index (Phi) is 6.13. The van der Waals surface area contributed by atoms with Crippen molar-refractivity contribution in [1.29, 1.82) is 0 Å². The fourth-order valence-corrected chi connectivity index (χ4v) is 5.49. The van der Waals surface area contributed by atoms with Crippen molar-refractivity contribution in [1.82, 2.24) is 10.6 Å². The average molecular weight is 425 g/mol. The number of carbonyl (C=O) groups excluding carboxylic acids is 1. The lowest BCUT2D eigenvalue weighted by Crippen LogP contribution is -2.46. The molecule has 3 fully saturated rings. The zero-order valence-corrected chi connectivity index (χ0v) is 17.5. The van der Waals surface area contributed by atoms with Crippen LogP contribution in [-0.2, 0) is 15.7 Å². The highest BCUT2D eigenvalue weighted by Crippen LogP contribution is 2.54. The monoisotopic (exact) mass is 424 g/mol. The van der Waals surface area contributed by atoms with Crippen molar-refractivity contribution in [3.63, 3.8) is 0 Å². The van der Waals surface area contributed by atoms with Crippen LogP contribution in [0.4, 0.5) is 13.2 Å². The Bertz CT molecular complexity index is 766. The molecule has 2 unspecified atom stereocenters. The molecular weight excluding hydrogens is 393 g/mol. The van der Waals surface area contributed by atoms with E-state index < -0.39 is 11.7 Å². The molecule has 3 aliphatic rings. The number of piperidine rings is 1. The van der Waals surface area contributed by atoms with Gasteiger partial charge in [-0.15, -0.1) is 0 Å². The molecule has 7 heteroatoms. The Morgan fingerprint density at radius 2 is 1.97 bits per heavy atom. The second-order valence-electron chi connectivity index (χ2n) is 9.26. The van der Waals surface area contributed by atoms with Gasteiger partial charge in [-0.3, -0.25) is 4.79 Å². The zero-order chi connectivity index (χ0) is 21.4. The van der Waals surface area contributed by atoms with E-state index in [1.807, 2.05) is 0 Å². The number of aryl methyl sites for hydroxylation is 1. The first-order chi connectivity index (χ1) is 14.3. The van der Waals surface area contributed by atoms with E-state index in [0.717, 1.165) is 58.0 Å². The van der Waals surface area contributed by atoms with Crippen molar-refractivity contribution in [3.8, 4) is 0 Å². The number of ether oxygens (including phenoxy) is 1. The number of rotatable bonds is 3. The van der Waals surface area contributed by atoms with Gasteiger partial charge in [0.25, 0.3) is 0 Å². The third-order valence-corrected chi connectivity index (χ3v) is 7.31. The predicted octanol–water partition coefficient (Wildman–Crippen LogP) is 4.52. The van der Waals surface area contributed by atoms with Gasteiger partial charge in [0.05, 0.1) is 17.6 Å². The number of alkyl halides is 3. The summed E-state index contributed by atoms with van der Waals surface area (Å²) in [5, 5.41) is 6.50. The summed E-state index contributed by atoms with van der Waals surface area (Å²) >= 11 is 0. The molecule has 2 aliphatic heterocycles. The number of carbonyl (C=O) groups is 1. The summed E-state index contributed by atoms with van der Waals surface area (Å²) in [6.07, 6.45) is 1.58. The minimum atomic E-state index is -4.36. The summed E-state index contributed by atoms with van der Waals surface area (Å²) in [6, 6.07) is 4.76. The first-order valence-corrected chi connectivity index (χ1v) is 11.1. The lowest BCUT2D eigenvalue weighted by atomic mass is 9.66. The minimum absolute atomic E-state index is 0.0468. The third-order valence-electron chi connectivity index (χ3n) is 7.31. The van der Waals surface area contributed by atoms with Gasteiger partial charge in [0.15, 0.2) is 0 Å². The Balaban J connectivity index is 1.42. The van der Waals surface area contributed by atoms with Crippen LogP contribution in [0.15, 0.2) is 18.2 Å². The van der Waals surface area contributed by atoms with Crippen molar-refractivity contribution in [2.24, 2.45) is 11.3 Å². The van der Waals surface area contributed by atoms with Crippen LogP contribution in [-0.4, -0.2) is 31.6 Å². The van der Waals surface area contributed by atoms with Crippen molar-refractivity contribution in [2.75, 3.05) is 19.7 Å². The lowest BCUT2D eigenvalue weighted by molar-refractivity contribution is -0.138. The Morgan fingerprint density at radius 3 is 2.63 bits per heavy atom. The topological polar surface area (TPSA) is 50.4 Å². The van der Waals surface area contributed by atoms with E-state index in [1.54, 1.807) is 12.1 Å². The molecule has 0 aromatic heterocycles. The maximum Gasteiger partial charge on any atom is 0.416 e. The zero-order valence-electron chi connectivity index (χ0n) is 17.5. The number of nitrogens with one attached hydrogen (secondary N) is 2. The molecule has 1 spiro atoms. The Hall–Kier alpha value is -1.60. The summed E-state index contributed by atoms with van der Waals surface area (Å²) in [7, 11) is 0. The predicted molar refractivity (Wildman–Crippen MR) is 108 cm³/mol. The standard InChI is InChI=1S/C23H31F3N2O2/c1-15-4-5-16(13-19(15)23(24,25)26)20-22(10-12-30-20)8-6-18(7-9-22)28-21(29)17-3-2-11-27-14-17/h4-5,13,17-18,20,27H,2-3,6-12,14H2,1H3,(H,28,29). The van der Waals surface area contributed by atoms with Crippen LogP contribution in [0.3, 0.4) is 0 Å². The summed E-state index contributed by atoms with van der Waals surface area (Å²) in [5.74, 6) is 0.182. The second kappa shape index (κ2) is 8.50. The van der Waals surface area contributed by atoms with Crippen LogP contribution in [0.2, 0.25) is 0 Å². The van der Waals surface area contributed by atoms with Crippen LogP contribution >= 0.6 is 0 Å². The van der Waals surface area contributed by atoms with E-state index in [2.05, 4.69) is 10.6 Å². The largest absolute Gasteiger partial charge is 0.416 e. The molecule has 2 heterocycles. The highest BCUT2D eigenvalue weighted by molar-refractivity contribution is 5.79. The third kappa shape index (κ3) is 4.37. The molecule has 1 saturated carbocycles. The van der Waals surface area contributed by atoms with Crippen LogP contribution in [0.5, 0.6) is 0 Å². The molecule has 1 aromatic rings. The van der Waals surface area contributed by atoms with Gasteiger partial charge in [-0.1, -0.05) is 12.1 Å². The Morgan fingerprint density at radius 1 is 1.20 bits per heavy atom. The van der Waals surface area contributed by atoms with Crippen LogP contribution in [0.25, 0.3) is 0 Å². The number of hydrogen-bond donors (Lipinski definition) is 2. The minimum Gasteiger partial charge on any atom is -0.373 e. The number of amides is 1. The SMILES string of the molecule is Cc1ccc(C2OCCC23CCC(NC(=O)C2CCCNC2)CC3)cc1C(F)(F)F. The van der Waals surface area contributed by atoms with Crippen molar-refractivity contribution >= 4 is 5.91 Å². The fourth-order valence-electron chi connectivity index (χ4n) is 5.49. The summed E-state index contributed by atoms with van der Waals surface area (Å²) < 4.78 is 46.2. The molecule has 2 saturated heterocycles. The highest BCUT2D eigenvalue weighted by Gasteiger charge is 2.47. The molecule has 2 N–H and O–H groups in total. The van der Waals surface area contributed by atoms with Gasteiger partial charge in [-0.25, -0.2) is 0 Å². The fraction of sp³-hybridized carbons (Fsp3) is 0.696. The molecule has 4 nitrogen and oxygen atoms in total. The summed E-state index contributed by atoms with van der Waals surface area (Å²) in [6.45, 7) is 3.79. The smallest absolute Gasteiger partial charge is 0.373 e. The van der Waals surface area contributed by atoms with Crippen LogP contribution in [0, 0.1) is 18.3 Å². The number of benzene rings is 1. The van der Waals surface area contributed by atoms with E-state index in [1.165, 1.54) is 13.0 Å². The molecule has 0 radical (unpaired) electrons. The van der Waals surface area contributed by atoms with Crippen molar-refractivity contribution in [2.45, 2.75) is 70.2 Å². The van der Waals surface area contributed by atoms with E-state index in [4.69, 9.17) is 4.74 Å². The quantitative estimate of drug-likeness (QED) is 0.750. The average Bonchev–Trinajstić information content (AvgIpc) is 3.13. The second-order valence-corrected chi connectivity index (χ2v) is 9.26. The molecular formula is C23H31F3N2O2. The first kappa shape index (κ1) is 21.6. The van der Waals surface area contributed by atoms with Gasteiger partial charge in [0.2, 0.25) is 5.91 Å². The van der Waals surface area contributed by atoms with Gasteiger partial charge >= 0.3 is 6.18 Å². The first-order valence-electron chi connectivity index (χ1n) is 11.1. The maximum atomic E-state index is 13.4. The molecule has 0 bridgehead atoms. The number of hydrogen-bond acceptors (Lipinski definition) is 3. The molecule has 30 heavy (non-hydrogen) atoms. The molecule has 4 rings (SSSR count). The summed E-state index contributed by atoms with van der Waals surface area (Å²) in [4.78, 5) is 12.5. The van der Waals surface area contributed by atoms with E-state index >= 15 is 0 Å². The van der Waals surface area contributed by atoms with E-state index in [0.29, 0.717) is 12.2 Å². The van der Waals surface area contributed by atoms with Gasteiger partial charge in [-0.05, 0) is 75.6 Å². The highest BCUT2D eigenvalue weighted by atomic mass is 19.4. The molecule has 1 amide bonds. The van der Waals surface area contributed by atoms with Gasteiger partial charge in [0.1, 0.15) is 0 Å². The normalized spacial score (nSPS) is 32.3. The van der Waals surface area contributed by atoms with Gasteiger partial charge < -0.3 is 15.4 Å². The van der Waals surface area contributed by atoms with Crippen LogP contribution < -0.4 is 10.6 Å². The van der Waals surface area contributed by atoms with Gasteiger partial charge in [-0.2, -0.15) is 13.2 Å². The maximum absolute atomic E-state index is 13.4. The van der Waals surface area contributed by atoms with Crippen molar-refractivity contribution < 1.29 is 22.7 Å². The summed E-state index contributed by atoms with van der Waals surface area (Å²) in [5.41, 5.74) is 0.155. The molecule has 1 aromatic carbocycles. The molecule has 2 atom stereocenters. The van der Waals surface area contributed by atoms with E-state index in [9.17, 15) is 18.0 Å². The molecule has 166 valence electrons. The Labute approximate surface area is 175 Å². The van der Waals surface area contributed by atoms with Gasteiger partial charge in [0, 0.05) is 24.6 Å². The van der Waals surface area contributed by atoms with Crippen LogP contribution in [0.1, 0.15) is 67.7 Å². The van der Waals surface area contributed by atoms with E-state index in [-0.39, 0.29) is 34.9 Å². The lowest BCUT2D eigenvalue weighted by Gasteiger charge is -2.41. The number of halogens is 3. The van der Waals surface area contributed by atoms with Crippen molar-refractivity contribution in [3.05, 3.63) is 34.9 Å².